The fourth-order valence-corrected chi connectivity index (χ4v) is 3.53. The van der Waals surface area contributed by atoms with Gasteiger partial charge in [0.2, 0.25) is 5.91 Å². The van der Waals surface area contributed by atoms with Gasteiger partial charge in [-0.2, -0.15) is 0 Å². The first-order chi connectivity index (χ1) is 11.1. The summed E-state index contributed by atoms with van der Waals surface area (Å²) in [6.45, 7) is 3.01. The molecule has 0 spiro atoms. The van der Waals surface area contributed by atoms with Gasteiger partial charge in [0, 0.05) is 26.3 Å². The first-order valence-electron chi connectivity index (χ1n) is 7.79. The largest absolute Gasteiger partial charge is 0.486 e. The summed E-state index contributed by atoms with van der Waals surface area (Å²) in [6, 6.07) is 3.84. The number of hydrogen-bond acceptors (Lipinski definition) is 5. The Morgan fingerprint density at radius 3 is 2.70 bits per heavy atom. The normalized spacial score (nSPS) is 19.2. The molecular weight excluding hydrogens is 364 g/mol. The molecule has 1 amide bonds. The number of nitrogens with two attached hydrogens (primary N) is 1. The van der Waals surface area contributed by atoms with Gasteiger partial charge in [0.15, 0.2) is 11.5 Å². The van der Waals surface area contributed by atoms with Crippen molar-refractivity contribution in [1.82, 2.24) is 5.32 Å². The Labute approximate surface area is 143 Å². The first-order valence-corrected chi connectivity index (χ1v) is 8.58. The summed E-state index contributed by atoms with van der Waals surface area (Å²) in [5.74, 6) is 1.41. The lowest BCUT2D eigenvalue weighted by Crippen LogP contribution is -2.48. The molecule has 1 fully saturated rings. The highest BCUT2D eigenvalue weighted by Crippen LogP contribution is 2.38. The van der Waals surface area contributed by atoms with Crippen LogP contribution >= 0.6 is 15.9 Å². The molecule has 1 aromatic rings. The fourth-order valence-electron chi connectivity index (χ4n) is 2.92. The molecule has 0 bridgehead atoms. The number of carbonyl (C=O) groups excluding carboxylic acids is 1. The highest BCUT2D eigenvalue weighted by molar-refractivity contribution is 9.10. The number of amides is 1. The number of halogens is 1. The number of fused-ring (bicyclic) bond motifs is 1. The summed E-state index contributed by atoms with van der Waals surface area (Å²) in [5.41, 5.74) is 6.30. The lowest BCUT2D eigenvalue weighted by molar-refractivity contribution is -0.136. The van der Waals surface area contributed by atoms with Crippen molar-refractivity contribution in [3.63, 3.8) is 0 Å². The molecule has 6 nitrogen and oxygen atoms in total. The smallest absolute Gasteiger partial charge is 0.227 e. The van der Waals surface area contributed by atoms with Crippen molar-refractivity contribution in [3.8, 4) is 11.5 Å². The maximum Gasteiger partial charge on any atom is 0.227 e. The molecule has 2 heterocycles. The van der Waals surface area contributed by atoms with Crippen LogP contribution in [-0.4, -0.2) is 38.9 Å². The molecular formula is C16H21BrN2O4. The minimum atomic E-state index is -0.511. The summed E-state index contributed by atoms with van der Waals surface area (Å²) in [4.78, 5) is 12.6. The standard InChI is InChI=1S/C16H21BrN2O4/c17-12-7-11(8-13-14(12)23-6-5-22-13)9-19-15(20)16(10-18)1-3-21-4-2-16/h7-8H,1-6,9-10,18H2,(H,19,20). The van der Waals surface area contributed by atoms with Crippen molar-refractivity contribution in [3.05, 3.63) is 22.2 Å². The third-order valence-corrected chi connectivity index (χ3v) is 5.02. The summed E-state index contributed by atoms with van der Waals surface area (Å²) in [7, 11) is 0. The lowest BCUT2D eigenvalue weighted by Gasteiger charge is -2.34. The van der Waals surface area contributed by atoms with Crippen LogP contribution in [0.25, 0.3) is 0 Å². The van der Waals surface area contributed by atoms with Crippen molar-refractivity contribution < 1.29 is 19.0 Å². The van der Waals surface area contributed by atoms with Gasteiger partial charge in [-0.25, -0.2) is 0 Å². The number of rotatable bonds is 4. The average Bonchev–Trinajstić information content (AvgIpc) is 2.60. The molecule has 7 heteroatoms. The third kappa shape index (κ3) is 3.46. The van der Waals surface area contributed by atoms with Crippen LogP contribution in [0.15, 0.2) is 16.6 Å². The zero-order chi connectivity index (χ0) is 16.3. The second kappa shape index (κ2) is 7.07. The molecule has 0 atom stereocenters. The minimum Gasteiger partial charge on any atom is -0.486 e. The molecule has 3 N–H and O–H groups in total. The monoisotopic (exact) mass is 384 g/mol. The Balaban J connectivity index is 1.68. The van der Waals surface area contributed by atoms with E-state index >= 15 is 0 Å². The number of benzene rings is 1. The van der Waals surface area contributed by atoms with E-state index in [9.17, 15) is 4.79 Å². The molecule has 2 aliphatic rings. The molecule has 1 aromatic carbocycles. The van der Waals surface area contributed by atoms with E-state index in [1.165, 1.54) is 0 Å². The number of nitrogens with one attached hydrogen (secondary N) is 1. The van der Waals surface area contributed by atoms with E-state index in [0.717, 1.165) is 10.0 Å². The maximum absolute atomic E-state index is 12.6. The van der Waals surface area contributed by atoms with E-state index in [4.69, 9.17) is 19.9 Å². The van der Waals surface area contributed by atoms with Gasteiger partial charge in [-0.05, 0) is 46.5 Å². The highest BCUT2D eigenvalue weighted by Gasteiger charge is 2.38. The number of hydrogen-bond donors (Lipinski definition) is 2. The molecule has 0 unspecified atom stereocenters. The van der Waals surface area contributed by atoms with Gasteiger partial charge in [-0.15, -0.1) is 0 Å². The minimum absolute atomic E-state index is 0.00527. The molecule has 0 aromatic heterocycles. The SMILES string of the molecule is NCC1(C(=O)NCc2cc(Br)c3c(c2)OCCO3)CCOCC1. The quantitative estimate of drug-likeness (QED) is 0.823. The number of ether oxygens (including phenoxy) is 3. The van der Waals surface area contributed by atoms with Gasteiger partial charge < -0.3 is 25.3 Å². The van der Waals surface area contributed by atoms with Crippen LogP contribution in [0.2, 0.25) is 0 Å². The second-order valence-electron chi connectivity index (χ2n) is 5.88. The summed E-state index contributed by atoms with van der Waals surface area (Å²) < 4.78 is 17.4. The van der Waals surface area contributed by atoms with Crippen LogP contribution in [0.3, 0.4) is 0 Å². The van der Waals surface area contributed by atoms with E-state index in [0.29, 0.717) is 63.9 Å². The van der Waals surface area contributed by atoms with Gasteiger partial charge in [0.25, 0.3) is 0 Å². The second-order valence-corrected chi connectivity index (χ2v) is 6.74. The molecule has 23 heavy (non-hydrogen) atoms. The van der Waals surface area contributed by atoms with Crippen LogP contribution in [0, 0.1) is 5.41 Å². The van der Waals surface area contributed by atoms with Crippen LogP contribution < -0.4 is 20.5 Å². The molecule has 126 valence electrons. The van der Waals surface area contributed by atoms with Gasteiger partial charge in [0.05, 0.1) is 9.89 Å². The van der Waals surface area contributed by atoms with Gasteiger partial charge in [-0.1, -0.05) is 0 Å². The molecule has 0 aliphatic carbocycles. The lowest BCUT2D eigenvalue weighted by atomic mass is 9.79. The molecule has 0 radical (unpaired) electrons. The molecule has 2 aliphatic heterocycles. The van der Waals surface area contributed by atoms with Crippen LogP contribution in [-0.2, 0) is 16.1 Å². The van der Waals surface area contributed by atoms with Crippen LogP contribution in [0.5, 0.6) is 11.5 Å². The van der Waals surface area contributed by atoms with E-state index in [2.05, 4.69) is 21.2 Å². The summed E-state index contributed by atoms with van der Waals surface area (Å²) >= 11 is 3.49. The van der Waals surface area contributed by atoms with Crippen molar-refractivity contribution in [2.75, 3.05) is 33.0 Å². The Morgan fingerprint density at radius 1 is 1.22 bits per heavy atom. The molecule has 0 saturated carbocycles. The fraction of sp³-hybridized carbons (Fsp3) is 0.562. The Bertz CT molecular complexity index is 588. The first kappa shape index (κ1) is 16.5. The zero-order valence-electron chi connectivity index (χ0n) is 12.9. The van der Waals surface area contributed by atoms with E-state index < -0.39 is 5.41 Å². The van der Waals surface area contributed by atoms with Crippen molar-refractivity contribution in [2.45, 2.75) is 19.4 Å². The van der Waals surface area contributed by atoms with Crippen molar-refractivity contribution in [1.29, 1.82) is 0 Å². The van der Waals surface area contributed by atoms with Crippen LogP contribution in [0.4, 0.5) is 0 Å². The Morgan fingerprint density at radius 2 is 1.96 bits per heavy atom. The maximum atomic E-state index is 12.6. The zero-order valence-corrected chi connectivity index (χ0v) is 14.5. The summed E-state index contributed by atoms with van der Waals surface area (Å²) in [5, 5.41) is 3.00. The Kier molecular flexibility index (Phi) is 5.08. The van der Waals surface area contributed by atoms with Gasteiger partial charge in [0.1, 0.15) is 13.2 Å². The van der Waals surface area contributed by atoms with Gasteiger partial charge in [-0.3, -0.25) is 4.79 Å². The van der Waals surface area contributed by atoms with Crippen LogP contribution in [0.1, 0.15) is 18.4 Å². The van der Waals surface area contributed by atoms with Gasteiger partial charge >= 0.3 is 0 Å². The molecule has 3 rings (SSSR count). The predicted molar refractivity (Wildman–Crippen MR) is 88.5 cm³/mol. The third-order valence-electron chi connectivity index (χ3n) is 4.43. The van der Waals surface area contributed by atoms with Crippen molar-refractivity contribution >= 4 is 21.8 Å². The number of carbonyl (C=O) groups is 1. The van der Waals surface area contributed by atoms with Crippen molar-refractivity contribution in [2.24, 2.45) is 11.1 Å². The van der Waals surface area contributed by atoms with E-state index in [1.54, 1.807) is 0 Å². The molecule has 1 saturated heterocycles. The summed E-state index contributed by atoms with van der Waals surface area (Å²) in [6.07, 6.45) is 1.33. The topological polar surface area (TPSA) is 82.8 Å². The average molecular weight is 385 g/mol. The predicted octanol–water partition coefficient (Wildman–Crippen LogP) is 1.59. The van der Waals surface area contributed by atoms with E-state index in [1.807, 2.05) is 12.1 Å². The highest BCUT2D eigenvalue weighted by atomic mass is 79.9. The Hall–Kier alpha value is -1.31. The van der Waals surface area contributed by atoms with E-state index in [-0.39, 0.29) is 5.91 Å².